The quantitative estimate of drug-likeness (QED) is 0.523. The van der Waals surface area contributed by atoms with Gasteiger partial charge in [0.2, 0.25) is 0 Å². The molecular weight excluding hydrogens is 404 g/mol. The Labute approximate surface area is 146 Å². The standard InChI is InChI=1S/C10H10Cl8/c11-2-8(3-12)4-1-9(17,18)10(8,7(15)16)6(14)5(4)13/h4-7H,1-3H2/t4-,5-,6+,10-/m0/s1. The van der Waals surface area contributed by atoms with E-state index in [1.807, 2.05) is 0 Å². The summed E-state index contributed by atoms with van der Waals surface area (Å²) in [6.07, 6.45) is 0.433. The summed E-state index contributed by atoms with van der Waals surface area (Å²) in [5.41, 5.74) is -1.68. The molecule has 0 aromatic heterocycles. The van der Waals surface area contributed by atoms with Gasteiger partial charge in [0.25, 0.3) is 0 Å². The zero-order valence-electron chi connectivity index (χ0n) is 8.95. The highest BCUT2D eigenvalue weighted by Gasteiger charge is 2.82. The highest BCUT2D eigenvalue weighted by Crippen LogP contribution is 2.78. The average molecular weight is 414 g/mol. The Balaban J connectivity index is 2.69. The van der Waals surface area contributed by atoms with E-state index >= 15 is 0 Å². The zero-order chi connectivity index (χ0) is 13.9. The van der Waals surface area contributed by atoms with Crippen LogP contribution in [0, 0.1) is 16.7 Å². The van der Waals surface area contributed by atoms with E-state index in [2.05, 4.69) is 0 Å². The van der Waals surface area contributed by atoms with E-state index in [1.54, 1.807) is 0 Å². The lowest BCUT2D eigenvalue weighted by Gasteiger charge is -2.49. The number of fused-ring (bicyclic) bond motifs is 2. The fourth-order valence-corrected chi connectivity index (χ4v) is 8.68. The fourth-order valence-electron chi connectivity index (χ4n) is 3.61. The lowest BCUT2D eigenvalue weighted by atomic mass is 9.69. The first kappa shape index (κ1) is 16.7. The van der Waals surface area contributed by atoms with Crippen molar-refractivity contribution in [3.63, 3.8) is 0 Å². The van der Waals surface area contributed by atoms with Gasteiger partial charge in [-0.15, -0.1) is 92.8 Å². The maximum Gasteiger partial charge on any atom is 0.128 e. The van der Waals surface area contributed by atoms with Gasteiger partial charge in [-0.25, -0.2) is 0 Å². The Morgan fingerprint density at radius 2 is 1.56 bits per heavy atom. The molecular formula is C10H10Cl8. The normalized spacial score (nSPS) is 44.8. The van der Waals surface area contributed by atoms with Crippen LogP contribution in [0.25, 0.3) is 0 Å². The molecule has 0 nitrogen and oxygen atoms in total. The highest BCUT2D eigenvalue weighted by molar-refractivity contribution is 6.54. The largest absolute Gasteiger partial charge is 0.128 e. The molecule has 0 N–H and O–H groups in total. The van der Waals surface area contributed by atoms with E-state index in [0.29, 0.717) is 6.42 Å². The Hall–Kier alpha value is 2.32. The van der Waals surface area contributed by atoms with E-state index in [0.717, 1.165) is 0 Å². The Morgan fingerprint density at radius 1 is 1.06 bits per heavy atom. The third-order valence-corrected chi connectivity index (χ3v) is 8.41. The first-order valence-electron chi connectivity index (χ1n) is 5.29. The summed E-state index contributed by atoms with van der Waals surface area (Å²) in [7, 11) is 0. The molecule has 8 heteroatoms. The molecule has 0 heterocycles. The summed E-state index contributed by atoms with van der Waals surface area (Å²) in [5.74, 6) is 0.321. The van der Waals surface area contributed by atoms with Gasteiger partial charge >= 0.3 is 0 Å². The van der Waals surface area contributed by atoms with Crippen LogP contribution in [0.1, 0.15) is 6.42 Å². The van der Waals surface area contributed by atoms with Gasteiger partial charge in [0.05, 0.1) is 16.2 Å². The van der Waals surface area contributed by atoms with Crippen molar-refractivity contribution in [3.05, 3.63) is 0 Å². The number of rotatable bonds is 3. The molecule has 0 amide bonds. The van der Waals surface area contributed by atoms with Crippen LogP contribution in [-0.2, 0) is 0 Å². The predicted molar refractivity (Wildman–Crippen MR) is 83.6 cm³/mol. The molecule has 0 radical (unpaired) electrons. The average Bonchev–Trinajstić information content (AvgIpc) is 2.61. The minimum Gasteiger partial charge on any atom is -0.126 e. The van der Waals surface area contributed by atoms with E-state index < -0.39 is 25.4 Å². The van der Waals surface area contributed by atoms with E-state index in [9.17, 15) is 0 Å². The summed E-state index contributed by atoms with van der Waals surface area (Å²) >= 11 is 50.4. The van der Waals surface area contributed by atoms with Gasteiger partial charge in [0.1, 0.15) is 9.17 Å². The molecule has 0 aromatic rings. The third-order valence-electron chi connectivity index (χ3n) is 4.54. The molecule has 2 bridgehead atoms. The Kier molecular flexibility index (Phi) is 4.82. The smallest absolute Gasteiger partial charge is 0.126 e. The molecule has 2 aliphatic carbocycles. The van der Waals surface area contributed by atoms with Gasteiger partial charge in [-0.2, -0.15) is 0 Å². The highest BCUT2D eigenvalue weighted by atomic mass is 35.5. The van der Waals surface area contributed by atoms with Crippen molar-refractivity contribution in [1.82, 2.24) is 0 Å². The molecule has 0 spiro atoms. The zero-order valence-corrected chi connectivity index (χ0v) is 15.0. The van der Waals surface area contributed by atoms with Crippen molar-refractivity contribution >= 4 is 92.8 Å². The fraction of sp³-hybridized carbons (Fsp3) is 1.00. The predicted octanol–water partition coefficient (Wildman–Crippen LogP) is 5.66. The molecule has 2 saturated carbocycles. The topological polar surface area (TPSA) is 0 Å². The number of hydrogen-bond acceptors (Lipinski definition) is 0. The summed E-state index contributed by atoms with van der Waals surface area (Å²) in [5, 5.41) is -0.930. The molecule has 2 fully saturated rings. The van der Waals surface area contributed by atoms with Gasteiger partial charge in [-0.1, -0.05) is 0 Å². The van der Waals surface area contributed by atoms with Gasteiger partial charge in [-0.3, -0.25) is 0 Å². The summed E-state index contributed by atoms with van der Waals surface area (Å²) in [6.45, 7) is 0. The van der Waals surface area contributed by atoms with Crippen LogP contribution in [0.2, 0.25) is 0 Å². The van der Waals surface area contributed by atoms with Crippen molar-refractivity contribution in [2.24, 2.45) is 16.7 Å². The third kappa shape index (κ3) is 1.67. The molecule has 2 aliphatic rings. The van der Waals surface area contributed by atoms with Gasteiger partial charge in [0, 0.05) is 17.2 Å². The molecule has 106 valence electrons. The number of halogens is 8. The second-order valence-corrected chi connectivity index (χ2v) is 9.04. The van der Waals surface area contributed by atoms with Crippen molar-refractivity contribution in [3.8, 4) is 0 Å². The van der Waals surface area contributed by atoms with E-state index in [1.165, 1.54) is 0 Å². The molecule has 4 atom stereocenters. The van der Waals surface area contributed by atoms with Crippen LogP contribution in [-0.4, -0.2) is 31.7 Å². The van der Waals surface area contributed by atoms with Crippen molar-refractivity contribution < 1.29 is 0 Å². The second kappa shape index (κ2) is 5.20. The molecule has 0 unspecified atom stereocenters. The molecule has 0 saturated heterocycles. The minimum absolute atomic E-state index is 0.105. The number of alkyl halides is 8. The van der Waals surface area contributed by atoms with E-state index in [4.69, 9.17) is 92.8 Å². The van der Waals surface area contributed by atoms with Crippen molar-refractivity contribution in [2.45, 2.75) is 26.3 Å². The van der Waals surface area contributed by atoms with Crippen LogP contribution in [0.15, 0.2) is 0 Å². The molecule has 18 heavy (non-hydrogen) atoms. The summed E-state index contributed by atoms with van der Waals surface area (Å²) in [4.78, 5) is -0.902. The Bertz CT molecular complexity index is 339. The van der Waals surface area contributed by atoms with Crippen molar-refractivity contribution in [2.75, 3.05) is 11.8 Å². The first-order chi connectivity index (χ1) is 8.23. The molecule has 0 aromatic carbocycles. The van der Waals surface area contributed by atoms with Gasteiger partial charge in [-0.05, 0) is 12.3 Å². The summed E-state index contributed by atoms with van der Waals surface area (Å²) in [6, 6.07) is 0. The first-order valence-corrected chi connectivity index (χ1v) is 8.86. The summed E-state index contributed by atoms with van der Waals surface area (Å²) < 4.78 is -1.19. The maximum absolute atomic E-state index is 6.45. The van der Waals surface area contributed by atoms with Crippen LogP contribution < -0.4 is 0 Å². The van der Waals surface area contributed by atoms with Crippen LogP contribution in [0.5, 0.6) is 0 Å². The van der Waals surface area contributed by atoms with Crippen LogP contribution in [0.4, 0.5) is 0 Å². The SMILES string of the molecule is ClCC1(CCl)[C@H]2CC(Cl)(Cl)[C@]1(C(Cl)Cl)[C@H](Cl)[C@H]2Cl. The second-order valence-electron chi connectivity index (χ2n) is 4.95. The molecule has 0 aliphatic heterocycles. The van der Waals surface area contributed by atoms with E-state index in [-0.39, 0.29) is 23.1 Å². The van der Waals surface area contributed by atoms with Crippen LogP contribution >= 0.6 is 92.8 Å². The molecule has 2 rings (SSSR count). The monoisotopic (exact) mass is 410 g/mol. The lowest BCUT2D eigenvalue weighted by Crippen LogP contribution is -2.56. The van der Waals surface area contributed by atoms with Crippen LogP contribution in [0.3, 0.4) is 0 Å². The maximum atomic E-state index is 6.45. The van der Waals surface area contributed by atoms with Crippen molar-refractivity contribution in [1.29, 1.82) is 0 Å². The van der Waals surface area contributed by atoms with Gasteiger partial charge in [0.15, 0.2) is 0 Å². The lowest BCUT2D eigenvalue weighted by molar-refractivity contribution is 0.148. The number of hydrogen-bond donors (Lipinski definition) is 0. The minimum atomic E-state index is -1.19. The Morgan fingerprint density at radius 3 is 1.89 bits per heavy atom. The van der Waals surface area contributed by atoms with Gasteiger partial charge < -0.3 is 0 Å².